The van der Waals surface area contributed by atoms with Gasteiger partial charge in [-0.3, -0.25) is 9.89 Å². The summed E-state index contributed by atoms with van der Waals surface area (Å²) in [6, 6.07) is 6.07. The van der Waals surface area contributed by atoms with Gasteiger partial charge >= 0.3 is 6.03 Å². The van der Waals surface area contributed by atoms with Crippen LogP contribution in [0.1, 0.15) is 49.0 Å². The lowest BCUT2D eigenvalue weighted by atomic mass is 9.86. The molecule has 30 heavy (non-hydrogen) atoms. The summed E-state index contributed by atoms with van der Waals surface area (Å²) < 4.78 is 0. The number of aromatic nitrogens is 2. The van der Waals surface area contributed by atoms with Gasteiger partial charge in [-0.15, -0.1) is 0 Å². The smallest absolute Gasteiger partial charge is 0.319 e. The van der Waals surface area contributed by atoms with Gasteiger partial charge in [-0.1, -0.05) is 12.8 Å². The normalized spacial score (nSPS) is 24.9. The summed E-state index contributed by atoms with van der Waals surface area (Å²) in [4.78, 5) is 29.9. The molecular weight excluding hydrogens is 380 g/mol. The van der Waals surface area contributed by atoms with Crippen molar-refractivity contribution in [1.82, 2.24) is 25.3 Å². The number of hydrogen-bond acceptors (Lipinski definition) is 4. The number of carbonyl (C=O) groups excluding carboxylic acids is 2. The Labute approximate surface area is 176 Å². The average Bonchev–Trinajstić information content (AvgIpc) is 3.34. The maximum absolute atomic E-state index is 13.3. The van der Waals surface area contributed by atoms with E-state index in [2.05, 4.69) is 32.8 Å². The first-order valence-corrected chi connectivity index (χ1v) is 11.1. The molecule has 0 radical (unpaired) electrons. The van der Waals surface area contributed by atoms with Crippen LogP contribution in [0.4, 0.5) is 10.5 Å². The van der Waals surface area contributed by atoms with E-state index in [1.165, 1.54) is 19.3 Å². The number of benzene rings is 1. The molecule has 0 bridgehead atoms. The quantitative estimate of drug-likeness (QED) is 0.725. The third-order valence-corrected chi connectivity index (χ3v) is 7.04. The van der Waals surface area contributed by atoms with E-state index < -0.39 is 0 Å². The third-order valence-electron chi connectivity index (χ3n) is 7.04. The number of anilines is 1. The fourth-order valence-electron chi connectivity index (χ4n) is 5.29. The lowest BCUT2D eigenvalue weighted by molar-refractivity contribution is 0.0252. The number of likely N-dealkylation sites (tertiary alicyclic amines) is 2. The molecule has 3 fully saturated rings. The SMILES string of the molecule is CN1CC2CCCN(C(=O)c3n[nH]c4ccc(NC(=O)NC5CCCC5)cc34)CC21. The summed E-state index contributed by atoms with van der Waals surface area (Å²) in [5.41, 5.74) is 1.90. The van der Waals surface area contributed by atoms with Gasteiger partial charge in [0, 0.05) is 42.8 Å². The Hall–Kier alpha value is -2.61. The molecule has 2 aliphatic heterocycles. The number of rotatable bonds is 3. The van der Waals surface area contributed by atoms with E-state index in [1.807, 2.05) is 23.1 Å². The maximum Gasteiger partial charge on any atom is 0.319 e. The van der Waals surface area contributed by atoms with Gasteiger partial charge in [0.2, 0.25) is 0 Å². The monoisotopic (exact) mass is 410 g/mol. The van der Waals surface area contributed by atoms with Crippen molar-refractivity contribution in [3.05, 3.63) is 23.9 Å². The van der Waals surface area contributed by atoms with Crippen LogP contribution in [0.2, 0.25) is 0 Å². The molecule has 2 saturated heterocycles. The number of H-pyrrole nitrogens is 1. The van der Waals surface area contributed by atoms with Crippen LogP contribution in [-0.4, -0.2) is 70.7 Å². The molecule has 1 saturated carbocycles. The van der Waals surface area contributed by atoms with Crippen LogP contribution >= 0.6 is 0 Å². The molecule has 1 aliphatic carbocycles. The highest BCUT2D eigenvalue weighted by Gasteiger charge is 2.40. The summed E-state index contributed by atoms with van der Waals surface area (Å²) in [6.45, 7) is 2.67. The van der Waals surface area contributed by atoms with Crippen molar-refractivity contribution in [2.45, 2.75) is 50.6 Å². The minimum atomic E-state index is -0.191. The summed E-state index contributed by atoms with van der Waals surface area (Å²) in [6.07, 6.45) is 6.65. The van der Waals surface area contributed by atoms with Gasteiger partial charge in [0.25, 0.3) is 5.91 Å². The summed E-state index contributed by atoms with van der Waals surface area (Å²) in [5.74, 6) is 0.674. The number of likely N-dealkylation sites (N-methyl/N-ethyl adjacent to an activating group) is 1. The fraction of sp³-hybridized carbons (Fsp3) is 0.591. The van der Waals surface area contributed by atoms with Crippen LogP contribution in [0.5, 0.6) is 0 Å². The number of fused-ring (bicyclic) bond motifs is 2. The molecule has 3 heterocycles. The number of nitrogens with zero attached hydrogens (tertiary/aromatic N) is 3. The zero-order valence-corrected chi connectivity index (χ0v) is 17.5. The number of hydrogen-bond donors (Lipinski definition) is 3. The highest BCUT2D eigenvalue weighted by Crippen LogP contribution is 2.31. The van der Waals surface area contributed by atoms with Crippen LogP contribution in [0, 0.1) is 5.92 Å². The van der Waals surface area contributed by atoms with E-state index in [9.17, 15) is 9.59 Å². The maximum atomic E-state index is 13.3. The van der Waals surface area contributed by atoms with Gasteiger partial charge in [-0.2, -0.15) is 5.10 Å². The predicted molar refractivity (Wildman–Crippen MR) is 116 cm³/mol. The fourth-order valence-corrected chi connectivity index (χ4v) is 5.29. The molecule has 3 amide bonds. The van der Waals surface area contributed by atoms with E-state index in [1.54, 1.807) is 0 Å². The molecule has 8 heteroatoms. The van der Waals surface area contributed by atoms with Gasteiger partial charge in [-0.25, -0.2) is 4.79 Å². The van der Waals surface area contributed by atoms with E-state index in [-0.39, 0.29) is 18.0 Å². The number of amides is 3. The Kier molecular flexibility index (Phi) is 5.10. The van der Waals surface area contributed by atoms with Crippen LogP contribution in [0.25, 0.3) is 10.9 Å². The van der Waals surface area contributed by atoms with Crippen molar-refractivity contribution in [2.75, 3.05) is 32.0 Å². The molecule has 2 atom stereocenters. The predicted octanol–water partition coefficient (Wildman–Crippen LogP) is 2.79. The molecule has 1 aromatic carbocycles. The highest BCUT2D eigenvalue weighted by atomic mass is 16.2. The van der Waals surface area contributed by atoms with Gasteiger partial charge < -0.3 is 20.4 Å². The molecule has 1 aromatic heterocycles. The first kappa shape index (κ1) is 19.4. The minimum absolute atomic E-state index is 0.0326. The van der Waals surface area contributed by atoms with Crippen molar-refractivity contribution >= 4 is 28.5 Å². The first-order valence-electron chi connectivity index (χ1n) is 11.1. The topological polar surface area (TPSA) is 93.4 Å². The molecule has 3 N–H and O–H groups in total. The summed E-state index contributed by atoms with van der Waals surface area (Å²) >= 11 is 0. The van der Waals surface area contributed by atoms with Crippen molar-refractivity contribution in [3.8, 4) is 0 Å². The van der Waals surface area contributed by atoms with Crippen LogP contribution < -0.4 is 10.6 Å². The average molecular weight is 411 g/mol. The number of nitrogens with one attached hydrogen (secondary N) is 3. The van der Waals surface area contributed by atoms with Gasteiger partial charge in [0.05, 0.1) is 5.52 Å². The third kappa shape index (κ3) is 3.64. The number of aromatic amines is 1. The van der Waals surface area contributed by atoms with Crippen molar-refractivity contribution < 1.29 is 9.59 Å². The Bertz CT molecular complexity index is 950. The lowest BCUT2D eigenvalue weighted by Crippen LogP contribution is -2.57. The second kappa shape index (κ2) is 7.91. The van der Waals surface area contributed by atoms with Crippen molar-refractivity contribution in [3.63, 3.8) is 0 Å². The highest BCUT2D eigenvalue weighted by molar-refractivity contribution is 6.06. The van der Waals surface area contributed by atoms with Crippen LogP contribution in [0.3, 0.4) is 0 Å². The second-order valence-corrected chi connectivity index (χ2v) is 9.07. The molecule has 8 nitrogen and oxygen atoms in total. The van der Waals surface area contributed by atoms with Gasteiger partial charge in [-0.05, 0) is 56.8 Å². The van der Waals surface area contributed by atoms with Crippen LogP contribution in [0.15, 0.2) is 18.2 Å². The van der Waals surface area contributed by atoms with E-state index in [0.717, 1.165) is 49.8 Å². The zero-order chi connectivity index (χ0) is 20.7. The Morgan fingerprint density at radius 3 is 2.77 bits per heavy atom. The molecule has 3 aliphatic rings. The zero-order valence-electron chi connectivity index (χ0n) is 17.5. The molecule has 0 spiro atoms. The minimum Gasteiger partial charge on any atom is -0.336 e. The summed E-state index contributed by atoms with van der Waals surface area (Å²) in [7, 11) is 2.13. The van der Waals surface area contributed by atoms with E-state index >= 15 is 0 Å². The molecule has 160 valence electrons. The van der Waals surface area contributed by atoms with Crippen molar-refractivity contribution in [1.29, 1.82) is 0 Å². The van der Waals surface area contributed by atoms with Crippen LogP contribution in [-0.2, 0) is 0 Å². The molecule has 2 aromatic rings. The molecular formula is C22H30N6O2. The number of carbonyl (C=O) groups is 2. The number of urea groups is 1. The summed E-state index contributed by atoms with van der Waals surface area (Å²) in [5, 5.41) is 14.0. The first-order chi connectivity index (χ1) is 14.6. The van der Waals surface area contributed by atoms with Crippen molar-refractivity contribution in [2.24, 2.45) is 5.92 Å². The Morgan fingerprint density at radius 1 is 1.13 bits per heavy atom. The largest absolute Gasteiger partial charge is 0.336 e. The Balaban J connectivity index is 1.32. The van der Waals surface area contributed by atoms with E-state index in [4.69, 9.17) is 0 Å². The van der Waals surface area contributed by atoms with Gasteiger partial charge in [0.15, 0.2) is 5.69 Å². The molecule has 5 rings (SSSR count). The Morgan fingerprint density at radius 2 is 1.97 bits per heavy atom. The lowest BCUT2D eigenvalue weighted by Gasteiger charge is -2.46. The standard InChI is InChI=1S/C22H30N6O2/c1-27-12-14-5-4-10-28(13-19(14)27)21(29)20-17-11-16(8-9-18(17)25-26-20)24-22(30)23-15-6-2-3-7-15/h8-9,11,14-15,19H,2-7,10,12-13H2,1H3,(H,25,26)(H2,23,24,30). The van der Waals surface area contributed by atoms with Gasteiger partial charge in [0.1, 0.15) is 0 Å². The van der Waals surface area contributed by atoms with E-state index in [0.29, 0.717) is 23.3 Å². The molecule has 2 unspecified atom stereocenters. The second-order valence-electron chi connectivity index (χ2n) is 9.07.